The molecule has 0 radical (unpaired) electrons. The van der Waals surface area contributed by atoms with Crippen molar-refractivity contribution >= 4 is 0 Å². The van der Waals surface area contributed by atoms with Crippen molar-refractivity contribution in [3.8, 4) is 0 Å². The van der Waals surface area contributed by atoms with Gasteiger partial charge in [-0.2, -0.15) is 0 Å². The van der Waals surface area contributed by atoms with Gasteiger partial charge in [-0.3, -0.25) is 4.74 Å². The third-order valence-corrected chi connectivity index (χ3v) is 2.44. The highest BCUT2D eigenvalue weighted by Crippen LogP contribution is 2.15. The van der Waals surface area contributed by atoms with Crippen LogP contribution in [0.1, 0.15) is 18.1 Å². The molecule has 0 heterocycles. The maximum atomic E-state index is 11.7. The van der Waals surface area contributed by atoms with Gasteiger partial charge in [0.25, 0.3) is 0 Å². The first-order valence-electron chi connectivity index (χ1n) is 6.09. The number of rotatable bonds is 8. The lowest BCUT2D eigenvalue weighted by molar-refractivity contribution is -0.323. The number of alkyl halides is 3. The number of nitrogens with one attached hydrogen (secondary N) is 1. The zero-order valence-electron chi connectivity index (χ0n) is 10.8. The molecule has 0 spiro atoms. The summed E-state index contributed by atoms with van der Waals surface area (Å²) in [5, 5.41) is 2.91. The number of halogens is 3. The zero-order valence-corrected chi connectivity index (χ0v) is 10.8. The van der Waals surface area contributed by atoms with E-state index < -0.39 is 13.0 Å². The lowest BCUT2D eigenvalue weighted by Crippen LogP contribution is -2.24. The SMILES string of the molecule is CCOCc1ccccc1CNCCOC(F)(F)F. The number of benzene rings is 1. The molecule has 108 valence electrons. The molecule has 1 N–H and O–H groups in total. The Hall–Kier alpha value is -1.11. The first-order chi connectivity index (χ1) is 9.03. The Bertz CT molecular complexity index is 369. The normalized spacial score (nSPS) is 11.8. The van der Waals surface area contributed by atoms with Gasteiger partial charge in [0.2, 0.25) is 0 Å². The standard InChI is InChI=1S/C13H18F3NO2/c1-2-18-10-12-6-4-3-5-11(12)9-17-7-8-19-13(14,15)16/h3-6,17H,2,7-10H2,1H3. The van der Waals surface area contributed by atoms with Gasteiger partial charge in [-0.05, 0) is 18.1 Å². The van der Waals surface area contributed by atoms with Crippen LogP contribution in [0, 0.1) is 0 Å². The largest absolute Gasteiger partial charge is 0.522 e. The van der Waals surface area contributed by atoms with Crippen LogP contribution in [0.4, 0.5) is 13.2 Å². The summed E-state index contributed by atoms with van der Waals surface area (Å²) >= 11 is 0. The number of hydrogen-bond acceptors (Lipinski definition) is 3. The second-order valence-corrected chi connectivity index (χ2v) is 3.88. The smallest absolute Gasteiger partial charge is 0.377 e. The Morgan fingerprint density at radius 2 is 1.84 bits per heavy atom. The van der Waals surface area contributed by atoms with Crippen LogP contribution < -0.4 is 5.32 Å². The predicted molar refractivity (Wildman–Crippen MR) is 65.5 cm³/mol. The van der Waals surface area contributed by atoms with Gasteiger partial charge in [0.15, 0.2) is 0 Å². The molecule has 19 heavy (non-hydrogen) atoms. The van der Waals surface area contributed by atoms with Crippen LogP contribution in [0.5, 0.6) is 0 Å². The summed E-state index contributed by atoms with van der Waals surface area (Å²) in [6.45, 7) is 3.29. The monoisotopic (exact) mass is 277 g/mol. The van der Waals surface area contributed by atoms with E-state index in [1.807, 2.05) is 31.2 Å². The van der Waals surface area contributed by atoms with Gasteiger partial charge in [0, 0.05) is 19.7 Å². The fourth-order valence-corrected chi connectivity index (χ4v) is 1.54. The molecule has 0 atom stereocenters. The van der Waals surface area contributed by atoms with Gasteiger partial charge < -0.3 is 10.1 Å². The Morgan fingerprint density at radius 1 is 1.16 bits per heavy atom. The minimum atomic E-state index is -4.56. The fourth-order valence-electron chi connectivity index (χ4n) is 1.54. The van der Waals surface area contributed by atoms with Crippen LogP contribution in [-0.4, -0.2) is 26.1 Å². The summed E-state index contributed by atoms with van der Waals surface area (Å²) in [6, 6.07) is 7.66. The highest BCUT2D eigenvalue weighted by Gasteiger charge is 2.28. The Kier molecular flexibility index (Phi) is 6.83. The second-order valence-electron chi connectivity index (χ2n) is 3.88. The molecular formula is C13H18F3NO2. The van der Waals surface area contributed by atoms with Crippen LogP contribution >= 0.6 is 0 Å². The highest BCUT2D eigenvalue weighted by molar-refractivity contribution is 5.26. The van der Waals surface area contributed by atoms with Crippen molar-refractivity contribution in [2.45, 2.75) is 26.4 Å². The number of ether oxygens (including phenoxy) is 2. The zero-order chi connectivity index (χ0) is 14.1. The van der Waals surface area contributed by atoms with E-state index in [1.54, 1.807) is 0 Å². The Balaban J connectivity index is 2.32. The van der Waals surface area contributed by atoms with Gasteiger partial charge in [-0.25, -0.2) is 0 Å². The molecule has 0 saturated carbocycles. The third-order valence-electron chi connectivity index (χ3n) is 2.44. The molecule has 0 aliphatic carbocycles. The van der Waals surface area contributed by atoms with Crippen LogP contribution in [0.15, 0.2) is 24.3 Å². The van der Waals surface area contributed by atoms with E-state index >= 15 is 0 Å². The Morgan fingerprint density at radius 3 is 2.47 bits per heavy atom. The quantitative estimate of drug-likeness (QED) is 0.741. The summed E-state index contributed by atoms with van der Waals surface area (Å²) in [6.07, 6.45) is -4.56. The topological polar surface area (TPSA) is 30.5 Å². The van der Waals surface area contributed by atoms with E-state index in [0.717, 1.165) is 11.1 Å². The molecule has 0 aromatic heterocycles. The van der Waals surface area contributed by atoms with Gasteiger partial charge in [-0.1, -0.05) is 24.3 Å². The lowest BCUT2D eigenvalue weighted by atomic mass is 10.1. The predicted octanol–water partition coefficient (Wildman–Crippen LogP) is 2.85. The first-order valence-corrected chi connectivity index (χ1v) is 6.09. The van der Waals surface area contributed by atoms with Crippen molar-refractivity contribution < 1.29 is 22.6 Å². The summed E-state index contributed by atoms with van der Waals surface area (Å²) in [7, 11) is 0. The molecule has 0 saturated heterocycles. The minimum absolute atomic E-state index is 0.141. The Labute approximate surface area is 110 Å². The van der Waals surface area contributed by atoms with Crippen molar-refractivity contribution in [1.29, 1.82) is 0 Å². The maximum Gasteiger partial charge on any atom is 0.522 e. The van der Waals surface area contributed by atoms with E-state index in [-0.39, 0.29) is 6.54 Å². The second kappa shape index (κ2) is 8.14. The molecule has 1 aromatic rings. The maximum absolute atomic E-state index is 11.7. The molecule has 0 aliphatic heterocycles. The molecule has 0 unspecified atom stereocenters. The summed E-state index contributed by atoms with van der Waals surface area (Å²) in [5.74, 6) is 0. The van der Waals surface area contributed by atoms with Gasteiger partial charge in [-0.15, -0.1) is 13.2 Å². The van der Waals surface area contributed by atoms with Crippen molar-refractivity contribution in [1.82, 2.24) is 5.32 Å². The summed E-state index contributed by atoms with van der Waals surface area (Å²) in [4.78, 5) is 0. The molecule has 0 fully saturated rings. The molecule has 1 rings (SSSR count). The van der Waals surface area contributed by atoms with E-state index in [2.05, 4.69) is 10.1 Å². The molecule has 0 aliphatic rings. The van der Waals surface area contributed by atoms with Gasteiger partial charge in [0.05, 0.1) is 13.2 Å². The van der Waals surface area contributed by atoms with Crippen LogP contribution in [0.25, 0.3) is 0 Å². The van der Waals surface area contributed by atoms with Crippen molar-refractivity contribution in [3.05, 3.63) is 35.4 Å². The van der Waals surface area contributed by atoms with E-state index in [4.69, 9.17) is 4.74 Å². The fraction of sp³-hybridized carbons (Fsp3) is 0.538. The van der Waals surface area contributed by atoms with E-state index in [0.29, 0.717) is 19.8 Å². The van der Waals surface area contributed by atoms with Crippen molar-refractivity contribution in [2.75, 3.05) is 19.8 Å². The van der Waals surface area contributed by atoms with Crippen LogP contribution in [0.2, 0.25) is 0 Å². The molecule has 0 bridgehead atoms. The van der Waals surface area contributed by atoms with Gasteiger partial charge >= 0.3 is 6.36 Å². The average Bonchev–Trinajstić information content (AvgIpc) is 2.36. The number of hydrogen-bond donors (Lipinski definition) is 1. The molecular weight excluding hydrogens is 259 g/mol. The lowest BCUT2D eigenvalue weighted by Gasteiger charge is -2.11. The van der Waals surface area contributed by atoms with Gasteiger partial charge in [0.1, 0.15) is 0 Å². The van der Waals surface area contributed by atoms with Crippen molar-refractivity contribution in [3.63, 3.8) is 0 Å². The van der Waals surface area contributed by atoms with Crippen LogP contribution in [0.3, 0.4) is 0 Å². The molecule has 0 amide bonds. The summed E-state index contributed by atoms with van der Waals surface area (Å²) in [5.41, 5.74) is 2.05. The van der Waals surface area contributed by atoms with Crippen LogP contribution in [-0.2, 0) is 22.6 Å². The third kappa shape index (κ3) is 7.15. The highest BCUT2D eigenvalue weighted by atomic mass is 19.4. The molecule has 6 heteroatoms. The van der Waals surface area contributed by atoms with E-state index in [9.17, 15) is 13.2 Å². The summed E-state index contributed by atoms with van der Waals surface area (Å²) < 4.78 is 44.2. The van der Waals surface area contributed by atoms with Crippen molar-refractivity contribution in [2.24, 2.45) is 0 Å². The molecule has 1 aromatic carbocycles. The minimum Gasteiger partial charge on any atom is -0.377 e. The van der Waals surface area contributed by atoms with E-state index in [1.165, 1.54) is 0 Å². The average molecular weight is 277 g/mol. The molecule has 3 nitrogen and oxygen atoms in total. The first kappa shape index (κ1) is 15.9.